The number of hydrogen-bond acceptors (Lipinski definition) is 4. The van der Waals surface area contributed by atoms with Crippen molar-refractivity contribution in [3.05, 3.63) is 35.2 Å². The molecule has 1 aromatic carbocycles. The topological polar surface area (TPSA) is 72.7 Å². The first kappa shape index (κ1) is 17.8. The molecule has 6 rings (SSSR count). The third-order valence-electron chi connectivity index (χ3n) is 7.28. The molecule has 6 heteroatoms. The standard InChI is InChI=1S/C22H29N5O/c1-14-4-5-19(15(2)6-14)23-20(28)12-21-8-17-7-18(9-21)11-22(10-17,13-21)27-25-16(3)24-26-27/h4-6,17-18H,7-13H2,1-3H3,(H,23,28). The van der Waals surface area contributed by atoms with Crippen LogP contribution in [0.15, 0.2) is 18.2 Å². The summed E-state index contributed by atoms with van der Waals surface area (Å²) in [6.07, 6.45) is 7.51. The van der Waals surface area contributed by atoms with Gasteiger partial charge in [0.15, 0.2) is 5.82 Å². The lowest BCUT2D eigenvalue weighted by atomic mass is 9.46. The van der Waals surface area contributed by atoms with Gasteiger partial charge in [-0.3, -0.25) is 4.79 Å². The van der Waals surface area contributed by atoms with Gasteiger partial charge in [0, 0.05) is 12.1 Å². The lowest BCUT2D eigenvalue weighted by Gasteiger charge is -2.61. The Balaban J connectivity index is 1.38. The Bertz CT molecular complexity index is 919. The minimum absolute atomic E-state index is 0.0363. The molecule has 4 aliphatic rings. The van der Waals surface area contributed by atoms with Crippen LogP contribution in [0.1, 0.15) is 61.9 Å². The number of anilines is 1. The molecule has 2 unspecified atom stereocenters. The van der Waals surface area contributed by atoms with Crippen molar-refractivity contribution in [2.75, 3.05) is 5.32 Å². The molecule has 28 heavy (non-hydrogen) atoms. The summed E-state index contributed by atoms with van der Waals surface area (Å²) in [5, 5.41) is 16.3. The number of carbonyl (C=O) groups excluding carboxylic acids is 1. The Morgan fingerprint density at radius 1 is 1.18 bits per heavy atom. The van der Waals surface area contributed by atoms with E-state index in [4.69, 9.17) is 0 Å². The van der Waals surface area contributed by atoms with E-state index in [1.165, 1.54) is 24.8 Å². The Kier molecular flexibility index (Phi) is 3.90. The molecule has 1 N–H and O–H groups in total. The molecular formula is C22H29N5O. The van der Waals surface area contributed by atoms with Crippen molar-refractivity contribution in [3.63, 3.8) is 0 Å². The zero-order chi connectivity index (χ0) is 19.5. The van der Waals surface area contributed by atoms with Crippen molar-refractivity contribution in [1.29, 1.82) is 0 Å². The summed E-state index contributed by atoms with van der Waals surface area (Å²) >= 11 is 0. The summed E-state index contributed by atoms with van der Waals surface area (Å²) in [6.45, 7) is 6.03. The van der Waals surface area contributed by atoms with Crippen LogP contribution < -0.4 is 5.32 Å². The fourth-order valence-corrected chi connectivity index (χ4v) is 6.82. The van der Waals surface area contributed by atoms with Crippen LogP contribution >= 0.6 is 0 Å². The maximum atomic E-state index is 13.0. The number of carbonyl (C=O) groups is 1. The summed E-state index contributed by atoms with van der Waals surface area (Å²) in [5.74, 6) is 2.24. The van der Waals surface area contributed by atoms with Crippen LogP contribution in [-0.2, 0) is 10.3 Å². The van der Waals surface area contributed by atoms with Gasteiger partial charge in [0.25, 0.3) is 0 Å². The molecule has 2 atom stereocenters. The summed E-state index contributed by atoms with van der Waals surface area (Å²) in [5.41, 5.74) is 3.31. The van der Waals surface area contributed by atoms with Gasteiger partial charge in [-0.1, -0.05) is 17.7 Å². The van der Waals surface area contributed by atoms with Gasteiger partial charge in [0.1, 0.15) is 0 Å². The van der Waals surface area contributed by atoms with E-state index in [0.29, 0.717) is 18.3 Å². The second-order valence-electron chi connectivity index (χ2n) is 9.85. The van der Waals surface area contributed by atoms with Crippen LogP contribution in [0.5, 0.6) is 0 Å². The van der Waals surface area contributed by atoms with Gasteiger partial charge in [0.05, 0.1) is 5.54 Å². The van der Waals surface area contributed by atoms with Gasteiger partial charge in [0.2, 0.25) is 5.91 Å². The highest BCUT2D eigenvalue weighted by molar-refractivity contribution is 5.92. The molecule has 6 nitrogen and oxygen atoms in total. The van der Waals surface area contributed by atoms with Crippen molar-refractivity contribution in [1.82, 2.24) is 20.2 Å². The molecule has 1 amide bonds. The number of aromatic nitrogens is 4. The minimum atomic E-state index is -0.0363. The van der Waals surface area contributed by atoms with Crippen molar-refractivity contribution in [2.24, 2.45) is 17.3 Å². The van der Waals surface area contributed by atoms with Gasteiger partial charge < -0.3 is 5.32 Å². The van der Waals surface area contributed by atoms with Crippen molar-refractivity contribution in [3.8, 4) is 0 Å². The monoisotopic (exact) mass is 379 g/mol. The van der Waals surface area contributed by atoms with Crippen LogP contribution in [0.2, 0.25) is 0 Å². The first-order chi connectivity index (χ1) is 13.3. The van der Waals surface area contributed by atoms with Gasteiger partial charge >= 0.3 is 0 Å². The van der Waals surface area contributed by atoms with Crippen LogP contribution in [0.4, 0.5) is 5.69 Å². The molecule has 1 aromatic heterocycles. The number of benzene rings is 1. The third-order valence-corrected chi connectivity index (χ3v) is 7.28. The van der Waals surface area contributed by atoms with E-state index in [0.717, 1.165) is 36.3 Å². The lowest BCUT2D eigenvalue weighted by molar-refractivity contribution is -0.135. The highest BCUT2D eigenvalue weighted by atomic mass is 16.1. The molecule has 0 spiro atoms. The van der Waals surface area contributed by atoms with Crippen molar-refractivity contribution >= 4 is 11.6 Å². The van der Waals surface area contributed by atoms with Crippen molar-refractivity contribution < 1.29 is 4.79 Å². The molecule has 4 bridgehead atoms. The molecular weight excluding hydrogens is 350 g/mol. The molecule has 4 saturated carbocycles. The van der Waals surface area contributed by atoms with Crippen LogP contribution in [0.3, 0.4) is 0 Å². The number of tetrazole rings is 1. The first-order valence-corrected chi connectivity index (χ1v) is 10.5. The molecule has 148 valence electrons. The van der Waals surface area contributed by atoms with Crippen LogP contribution in [0, 0.1) is 38.0 Å². The van der Waals surface area contributed by atoms with E-state index in [9.17, 15) is 4.79 Å². The van der Waals surface area contributed by atoms with Gasteiger partial charge in [-0.2, -0.15) is 4.80 Å². The Labute approximate surface area is 166 Å². The highest BCUT2D eigenvalue weighted by Crippen LogP contribution is 2.65. The number of nitrogens with zero attached hydrogens (tertiary/aromatic N) is 4. The maximum absolute atomic E-state index is 13.0. The van der Waals surface area contributed by atoms with E-state index in [-0.39, 0.29) is 16.9 Å². The predicted octanol–water partition coefficient (Wildman–Crippen LogP) is 3.92. The van der Waals surface area contributed by atoms with Gasteiger partial charge in [-0.25, -0.2) is 0 Å². The second kappa shape index (κ2) is 6.13. The SMILES string of the molecule is Cc1ccc(NC(=O)CC23CC4CC(C2)CC(n2nnc(C)n2)(C4)C3)c(C)c1. The zero-order valence-electron chi connectivity index (χ0n) is 17.0. The summed E-state index contributed by atoms with van der Waals surface area (Å²) in [7, 11) is 0. The summed E-state index contributed by atoms with van der Waals surface area (Å²) in [4.78, 5) is 14.9. The Morgan fingerprint density at radius 3 is 2.57 bits per heavy atom. The Morgan fingerprint density at radius 2 is 1.93 bits per heavy atom. The van der Waals surface area contributed by atoms with E-state index in [2.05, 4.69) is 46.7 Å². The summed E-state index contributed by atoms with van der Waals surface area (Å²) in [6, 6.07) is 6.20. The number of rotatable bonds is 4. The Hall–Kier alpha value is -2.24. The first-order valence-electron chi connectivity index (χ1n) is 10.5. The minimum Gasteiger partial charge on any atom is -0.326 e. The van der Waals surface area contributed by atoms with E-state index in [1.54, 1.807) is 0 Å². The normalized spacial score (nSPS) is 33.2. The van der Waals surface area contributed by atoms with Gasteiger partial charge in [-0.15, -0.1) is 10.2 Å². The molecule has 2 aromatic rings. The van der Waals surface area contributed by atoms with Crippen LogP contribution in [0.25, 0.3) is 0 Å². The molecule has 0 aliphatic heterocycles. The van der Waals surface area contributed by atoms with E-state index in [1.807, 2.05) is 17.8 Å². The molecule has 4 fully saturated rings. The fourth-order valence-electron chi connectivity index (χ4n) is 6.82. The molecule has 0 saturated heterocycles. The van der Waals surface area contributed by atoms with Crippen molar-refractivity contribution in [2.45, 2.75) is 71.3 Å². The third kappa shape index (κ3) is 2.93. The number of amides is 1. The zero-order valence-corrected chi connectivity index (χ0v) is 17.0. The lowest BCUT2D eigenvalue weighted by Crippen LogP contribution is -2.57. The quantitative estimate of drug-likeness (QED) is 0.874. The molecule has 4 aliphatic carbocycles. The number of aryl methyl sites for hydroxylation is 3. The number of nitrogens with one attached hydrogen (secondary N) is 1. The fraction of sp³-hybridized carbons (Fsp3) is 0.636. The highest BCUT2D eigenvalue weighted by Gasteiger charge is 2.59. The molecule has 1 heterocycles. The maximum Gasteiger partial charge on any atom is 0.224 e. The largest absolute Gasteiger partial charge is 0.326 e. The van der Waals surface area contributed by atoms with E-state index >= 15 is 0 Å². The summed E-state index contributed by atoms with van der Waals surface area (Å²) < 4.78 is 0. The van der Waals surface area contributed by atoms with E-state index < -0.39 is 0 Å². The second-order valence-corrected chi connectivity index (χ2v) is 9.85. The van der Waals surface area contributed by atoms with Crippen LogP contribution in [-0.4, -0.2) is 26.1 Å². The smallest absolute Gasteiger partial charge is 0.224 e. The average Bonchev–Trinajstić information content (AvgIpc) is 3.03. The van der Waals surface area contributed by atoms with Gasteiger partial charge in [-0.05, 0) is 93.4 Å². The number of hydrogen-bond donors (Lipinski definition) is 1. The predicted molar refractivity (Wildman–Crippen MR) is 107 cm³/mol. The molecule has 0 radical (unpaired) electrons. The average molecular weight is 380 g/mol.